The number of rotatable bonds is 6. The van der Waals surface area contributed by atoms with Crippen molar-refractivity contribution < 1.29 is 23.8 Å². The number of amides is 1. The summed E-state index contributed by atoms with van der Waals surface area (Å²) in [4.78, 5) is 27.6. The summed E-state index contributed by atoms with van der Waals surface area (Å²) in [7, 11) is 0. The lowest BCUT2D eigenvalue weighted by atomic mass is 9.99. The number of aliphatic hydroxyl groups excluding tert-OH is 1. The molecule has 0 spiro atoms. The molecule has 6 nitrogen and oxygen atoms in total. The monoisotopic (exact) mass is 431 g/mol. The first kappa shape index (κ1) is 21.4. The quantitative estimate of drug-likeness (QED) is 0.325. The Morgan fingerprint density at radius 1 is 1.06 bits per heavy atom. The minimum absolute atomic E-state index is 0.0161. The van der Waals surface area contributed by atoms with E-state index in [4.69, 9.17) is 9.15 Å². The molecular weight excluding hydrogens is 406 g/mol. The number of carbonyl (C=O) groups excluding carboxylic acids is 2. The van der Waals surface area contributed by atoms with Crippen molar-refractivity contribution in [1.29, 1.82) is 0 Å². The maximum absolute atomic E-state index is 13.1. The van der Waals surface area contributed by atoms with Gasteiger partial charge in [-0.2, -0.15) is 0 Å². The summed E-state index contributed by atoms with van der Waals surface area (Å²) in [5.74, 6) is -0.116. The van der Waals surface area contributed by atoms with E-state index in [0.717, 1.165) is 12.0 Å². The van der Waals surface area contributed by atoms with Crippen molar-refractivity contribution in [3.63, 3.8) is 0 Å². The lowest BCUT2D eigenvalue weighted by Gasteiger charge is -2.23. The third kappa shape index (κ3) is 3.91. The van der Waals surface area contributed by atoms with Gasteiger partial charge in [-0.05, 0) is 56.7 Å². The highest BCUT2D eigenvalue weighted by Crippen LogP contribution is 2.42. The van der Waals surface area contributed by atoms with E-state index in [1.165, 1.54) is 4.90 Å². The van der Waals surface area contributed by atoms with Crippen molar-refractivity contribution in [3.8, 4) is 5.75 Å². The number of hydrogen-bond donors (Lipinski definition) is 1. The van der Waals surface area contributed by atoms with Crippen molar-refractivity contribution in [2.24, 2.45) is 0 Å². The standard InChI is InChI=1S/C26H25NO5/c1-4-14-31-20-7-5-6-18(15-20)24(28)22-23(21-13-10-17(3)32-21)27(26(30)25(22)29)19-11-8-16(2)9-12-19/h5-13,15,23,28H,4,14H2,1-3H3/b24-22-. The Balaban J connectivity index is 1.86. The molecular formula is C26H25NO5. The molecule has 1 aromatic heterocycles. The van der Waals surface area contributed by atoms with E-state index in [0.29, 0.717) is 35.1 Å². The topological polar surface area (TPSA) is 80.0 Å². The zero-order valence-corrected chi connectivity index (χ0v) is 18.3. The lowest BCUT2D eigenvalue weighted by molar-refractivity contribution is -0.132. The summed E-state index contributed by atoms with van der Waals surface area (Å²) >= 11 is 0. The molecule has 1 fully saturated rings. The zero-order chi connectivity index (χ0) is 22.8. The van der Waals surface area contributed by atoms with Crippen molar-refractivity contribution in [2.75, 3.05) is 11.5 Å². The van der Waals surface area contributed by atoms with Gasteiger partial charge in [-0.1, -0.05) is 36.8 Å². The molecule has 0 saturated carbocycles. The van der Waals surface area contributed by atoms with Crippen LogP contribution in [0, 0.1) is 13.8 Å². The van der Waals surface area contributed by atoms with Gasteiger partial charge in [0.05, 0.1) is 12.2 Å². The van der Waals surface area contributed by atoms with Gasteiger partial charge in [-0.25, -0.2) is 0 Å². The van der Waals surface area contributed by atoms with Crippen molar-refractivity contribution in [1.82, 2.24) is 0 Å². The van der Waals surface area contributed by atoms with E-state index in [9.17, 15) is 14.7 Å². The van der Waals surface area contributed by atoms with Gasteiger partial charge in [0.25, 0.3) is 11.7 Å². The van der Waals surface area contributed by atoms with Crippen molar-refractivity contribution in [2.45, 2.75) is 33.2 Å². The molecule has 1 aliphatic heterocycles. The molecule has 2 aromatic carbocycles. The molecule has 0 aliphatic carbocycles. The van der Waals surface area contributed by atoms with E-state index in [1.807, 2.05) is 26.0 Å². The van der Waals surface area contributed by atoms with Crippen molar-refractivity contribution >= 4 is 23.1 Å². The van der Waals surface area contributed by atoms with Crippen LogP contribution in [0.1, 0.15) is 42.0 Å². The summed E-state index contributed by atoms with van der Waals surface area (Å²) in [6, 6.07) is 16.8. The number of nitrogens with zero attached hydrogens (tertiary/aromatic N) is 1. The number of furan rings is 1. The molecule has 32 heavy (non-hydrogen) atoms. The Labute approximate surface area is 186 Å². The number of Topliss-reactive ketones (excluding diaryl/α,β-unsaturated/α-hetero) is 1. The van der Waals surface area contributed by atoms with Gasteiger partial charge in [-0.15, -0.1) is 0 Å². The third-order valence-corrected chi connectivity index (χ3v) is 5.37. The number of carbonyl (C=O) groups is 2. The maximum Gasteiger partial charge on any atom is 0.300 e. The van der Waals surface area contributed by atoms with E-state index in [2.05, 4.69) is 0 Å². The van der Waals surface area contributed by atoms with Gasteiger partial charge < -0.3 is 14.3 Å². The number of ether oxygens (including phenoxy) is 1. The van der Waals surface area contributed by atoms with Crippen LogP contribution in [-0.2, 0) is 9.59 Å². The Morgan fingerprint density at radius 3 is 2.47 bits per heavy atom. The number of benzene rings is 2. The molecule has 1 unspecified atom stereocenters. The molecule has 1 atom stereocenters. The number of anilines is 1. The zero-order valence-electron chi connectivity index (χ0n) is 18.3. The van der Waals surface area contributed by atoms with E-state index in [-0.39, 0.29) is 11.3 Å². The van der Waals surface area contributed by atoms with Crippen LogP contribution in [0.2, 0.25) is 0 Å². The number of aryl methyl sites for hydroxylation is 2. The molecule has 1 N–H and O–H groups in total. The highest BCUT2D eigenvalue weighted by molar-refractivity contribution is 6.51. The molecule has 164 valence electrons. The average molecular weight is 431 g/mol. The average Bonchev–Trinajstić information content (AvgIpc) is 3.33. The first-order valence-electron chi connectivity index (χ1n) is 10.6. The highest BCUT2D eigenvalue weighted by atomic mass is 16.5. The Bertz CT molecular complexity index is 1190. The van der Waals surface area contributed by atoms with Gasteiger partial charge in [-0.3, -0.25) is 14.5 Å². The fourth-order valence-electron chi connectivity index (χ4n) is 3.78. The van der Waals surface area contributed by atoms with Crippen LogP contribution in [0.15, 0.2) is 70.7 Å². The second-order valence-electron chi connectivity index (χ2n) is 7.83. The van der Waals surface area contributed by atoms with Crippen molar-refractivity contribution in [3.05, 3.63) is 88.9 Å². The summed E-state index contributed by atoms with van der Waals surface area (Å²) in [6.07, 6.45) is 0.843. The summed E-state index contributed by atoms with van der Waals surface area (Å²) in [5.41, 5.74) is 1.96. The van der Waals surface area contributed by atoms with Gasteiger partial charge in [0.1, 0.15) is 29.1 Å². The van der Waals surface area contributed by atoms with Gasteiger partial charge >= 0.3 is 0 Å². The first-order chi connectivity index (χ1) is 15.4. The number of aliphatic hydroxyl groups is 1. The van der Waals surface area contributed by atoms with Gasteiger partial charge in [0.2, 0.25) is 0 Å². The summed E-state index contributed by atoms with van der Waals surface area (Å²) < 4.78 is 11.5. The molecule has 2 heterocycles. The van der Waals surface area contributed by atoms with Crippen LogP contribution in [0.4, 0.5) is 5.69 Å². The molecule has 6 heteroatoms. The Hall–Kier alpha value is -3.80. The third-order valence-electron chi connectivity index (χ3n) is 5.37. The molecule has 3 aromatic rings. The largest absolute Gasteiger partial charge is 0.507 e. The van der Waals surface area contributed by atoms with E-state index in [1.54, 1.807) is 55.5 Å². The Kier molecular flexibility index (Phi) is 5.86. The van der Waals surface area contributed by atoms with Crippen LogP contribution in [0.25, 0.3) is 5.76 Å². The molecule has 0 bridgehead atoms. The fourth-order valence-corrected chi connectivity index (χ4v) is 3.78. The second kappa shape index (κ2) is 8.75. The van der Waals surface area contributed by atoms with Crippen LogP contribution in [0.3, 0.4) is 0 Å². The minimum Gasteiger partial charge on any atom is -0.507 e. The van der Waals surface area contributed by atoms with Crippen LogP contribution < -0.4 is 9.64 Å². The van der Waals surface area contributed by atoms with Crippen LogP contribution in [-0.4, -0.2) is 23.4 Å². The number of ketones is 1. The van der Waals surface area contributed by atoms with E-state index >= 15 is 0 Å². The molecule has 0 radical (unpaired) electrons. The fraction of sp³-hybridized carbons (Fsp3) is 0.231. The Morgan fingerprint density at radius 2 is 1.81 bits per heavy atom. The van der Waals surface area contributed by atoms with Crippen LogP contribution >= 0.6 is 0 Å². The molecule has 1 saturated heterocycles. The predicted molar refractivity (Wildman–Crippen MR) is 122 cm³/mol. The van der Waals surface area contributed by atoms with Gasteiger partial charge in [0.15, 0.2) is 0 Å². The smallest absolute Gasteiger partial charge is 0.300 e. The normalized spacial score (nSPS) is 17.7. The molecule has 1 aliphatic rings. The highest BCUT2D eigenvalue weighted by Gasteiger charge is 2.48. The SMILES string of the molecule is CCCOc1cccc(/C(O)=C2/C(=O)C(=O)N(c3ccc(C)cc3)C2c2ccc(C)o2)c1. The first-order valence-corrected chi connectivity index (χ1v) is 10.6. The van der Waals surface area contributed by atoms with Crippen LogP contribution in [0.5, 0.6) is 5.75 Å². The summed E-state index contributed by atoms with van der Waals surface area (Å²) in [5, 5.41) is 11.2. The number of hydrogen-bond acceptors (Lipinski definition) is 5. The lowest BCUT2D eigenvalue weighted by Crippen LogP contribution is -2.29. The second-order valence-corrected chi connectivity index (χ2v) is 7.83. The predicted octanol–water partition coefficient (Wildman–Crippen LogP) is 5.31. The molecule has 4 rings (SSSR count). The minimum atomic E-state index is -0.883. The van der Waals surface area contributed by atoms with E-state index < -0.39 is 17.7 Å². The molecule has 1 amide bonds. The van der Waals surface area contributed by atoms with Gasteiger partial charge in [0, 0.05) is 11.3 Å². The maximum atomic E-state index is 13.1. The summed E-state index contributed by atoms with van der Waals surface area (Å²) in [6.45, 7) is 6.27.